The van der Waals surface area contributed by atoms with E-state index in [1.165, 1.54) is 18.4 Å². The number of carbonyl (C=O) groups excluding carboxylic acids is 1. The Morgan fingerprint density at radius 3 is 2.40 bits per heavy atom. The summed E-state index contributed by atoms with van der Waals surface area (Å²) in [6.45, 7) is 11.1. The summed E-state index contributed by atoms with van der Waals surface area (Å²) in [5, 5.41) is 0. The van der Waals surface area contributed by atoms with Crippen LogP contribution in [-0.4, -0.2) is 85.7 Å². The van der Waals surface area contributed by atoms with Gasteiger partial charge in [-0.05, 0) is 64.9 Å². The zero-order valence-electron chi connectivity index (χ0n) is 18.4. The molecule has 0 radical (unpaired) electrons. The first-order valence-corrected chi connectivity index (χ1v) is 11.8. The number of benzene rings is 1. The number of nitrogens with zero attached hydrogens (tertiary/aromatic N) is 3. The highest BCUT2D eigenvalue weighted by Gasteiger charge is 2.33. The third-order valence-electron chi connectivity index (χ3n) is 6.94. The van der Waals surface area contributed by atoms with Crippen molar-refractivity contribution in [2.75, 3.05) is 59.1 Å². The maximum absolute atomic E-state index is 12.8. The first-order valence-electron chi connectivity index (χ1n) is 11.8. The van der Waals surface area contributed by atoms with Gasteiger partial charge in [-0.3, -0.25) is 9.69 Å². The number of amides is 1. The molecular formula is C24H37N3O3. The predicted octanol–water partition coefficient (Wildman–Crippen LogP) is 2.62. The summed E-state index contributed by atoms with van der Waals surface area (Å²) < 4.78 is 11.2. The van der Waals surface area contributed by atoms with Gasteiger partial charge >= 0.3 is 0 Å². The molecule has 0 unspecified atom stereocenters. The first-order chi connectivity index (χ1) is 14.7. The smallest absolute Gasteiger partial charge is 0.225 e. The Bertz CT molecular complexity index is 676. The molecule has 1 amide bonds. The normalized spacial score (nSPS) is 22.9. The molecule has 30 heavy (non-hydrogen) atoms. The van der Waals surface area contributed by atoms with Crippen LogP contribution in [0.15, 0.2) is 24.3 Å². The molecule has 0 spiro atoms. The second kappa shape index (κ2) is 10.6. The molecule has 3 aliphatic rings. The summed E-state index contributed by atoms with van der Waals surface area (Å²) in [5.41, 5.74) is 1.29. The van der Waals surface area contributed by atoms with E-state index in [2.05, 4.69) is 28.0 Å². The van der Waals surface area contributed by atoms with E-state index in [0.29, 0.717) is 31.8 Å². The van der Waals surface area contributed by atoms with Gasteiger partial charge < -0.3 is 19.3 Å². The van der Waals surface area contributed by atoms with Crippen molar-refractivity contribution in [3.05, 3.63) is 29.8 Å². The van der Waals surface area contributed by atoms with E-state index >= 15 is 0 Å². The standard InChI is InChI=1S/C24H37N3O3/c1-2-30-23-6-4-3-5-21(23)19-25-11-9-22(10-12-25)26-13-7-20(8-14-26)24(28)27-15-17-29-18-16-27/h3-6,20,22H,2,7-19H2,1H3. The van der Waals surface area contributed by atoms with Crippen LogP contribution in [0.5, 0.6) is 5.75 Å². The minimum atomic E-state index is 0.217. The second-order valence-electron chi connectivity index (χ2n) is 8.80. The van der Waals surface area contributed by atoms with Gasteiger partial charge in [-0.1, -0.05) is 18.2 Å². The van der Waals surface area contributed by atoms with Gasteiger partial charge in [0, 0.05) is 37.2 Å². The van der Waals surface area contributed by atoms with E-state index in [1.54, 1.807) is 0 Å². The quantitative estimate of drug-likeness (QED) is 0.715. The van der Waals surface area contributed by atoms with Gasteiger partial charge in [-0.15, -0.1) is 0 Å². The maximum atomic E-state index is 12.8. The highest BCUT2D eigenvalue weighted by atomic mass is 16.5. The van der Waals surface area contributed by atoms with Crippen LogP contribution >= 0.6 is 0 Å². The summed E-state index contributed by atoms with van der Waals surface area (Å²) in [6, 6.07) is 9.09. The Kier molecular flexibility index (Phi) is 7.63. The lowest BCUT2D eigenvalue weighted by Crippen LogP contribution is -2.50. The van der Waals surface area contributed by atoms with Crippen LogP contribution in [0.4, 0.5) is 0 Å². The van der Waals surface area contributed by atoms with E-state index in [9.17, 15) is 4.79 Å². The molecule has 0 N–H and O–H groups in total. The van der Waals surface area contributed by atoms with Crippen LogP contribution in [0.3, 0.4) is 0 Å². The third-order valence-corrected chi connectivity index (χ3v) is 6.94. The van der Waals surface area contributed by atoms with Gasteiger partial charge in [-0.25, -0.2) is 0 Å². The number of rotatable bonds is 6. The number of carbonyl (C=O) groups is 1. The molecule has 0 atom stereocenters. The monoisotopic (exact) mass is 415 g/mol. The number of para-hydroxylation sites is 1. The molecule has 0 saturated carbocycles. The zero-order valence-corrected chi connectivity index (χ0v) is 18.4. The molecule has 0 bridgehead atoms. The van der Waals surface area contributed by atoms with Crippen LogP contribution in [0, 0.1) is 5.92 Å². The summed E-state index contributed by atoms with van der Waals surface area (Å²) in [4.78, 5) is 20.0. The van der Waals surface area contributed by atoms with E-state index in [-0.39, 0.29) is 5.92 Å². The van der Waals surface area contributed by atoms with E-state index in [1.807, 2.05) is 17.9 Å². The van der Waals surface area contributed by atoms with Gasteiger partial charge in [-0.2, -0.15) is 0 Å². The number of hydrogen-bond acceptors (Lipinski definition) is 5. The Labute approximate surface area is 181 Å². The third kappa shape index (κ3) is 5.34. The number of likely N-dealkylation sites (tertiary alicyclic amines) is 2. The molecule has 4 rings (SSSR count). The van der Waals surface area contributed by atoms with Crippen LogP contribution in [0.1, 0.15) is 38.2 Å². The number of hydrogen-bond donors (Lipinski definition) is 0. The Balaban J connectivity index is 1.21. The summed E-state index contributed by atoms with van der Waals surface area (Å²) in [5.74, 6) is 1.60. The fourth-order valence-corrected chi connectivity index (χ4v) is 5.17. The molecule has 0 aliphatic carbocycles. The number of morpholine rings is 1. The highest BCUT2D eigenvalue weighted by molar-refractivity contribution is 5.79. The Morgan fingerprint density at radius 2 is 1.70 bits per heavy atom. The van der Waals surface area contributed by atoms with Crippen molar-refractivity contribution in [2.45, 2.75) is 45.2 Å². The molecule has 1 aromatic carbocycles. The van der Waals surface area contributed by atoms with Crippen molar-refractivity contribution in [2.24, 2.45) is 5.92 Å². The molecule has 3 heterocycles. The minimum absolute atomic E-state index is 0.217. The Hall–Kier alpha value is -1.63. The number of piperidine rings is 2. The Morgan fingerprint density at radius 1 is 1.00 bits per heavy atom. The lowest BCUT2D eigenvalue weighted by Gasteiger charge is -2.42. The second-order valence-corrected chi connectivity index (χ2v) is 8.80. The summed E-state index contributed by atoms with van der Waals surface area (Å²) in [6.07, 6.45) is 4.47. The van der Waals surface area contributed by atoms with Gasteiger partial charge in [0.25, 0.3) is 0 Å². The van der Waals surface area contributed by atoms with Crippen molar-refractivity contribution in [3.8, 4) is 5.75 Å². The van der Waals surface area contributed by atoms with E-state index in [0.717, 1.165) is 64.4 Å². The van der Waals surface area contributed by atoms with Crippen LogP contribution in [-0.2, 0) is 16.1 Å². The fraction of sp³-hybridized carbons (Fsp3) is 0.708. The lowest BCUT2D eigenvalue weighted by molar-refractivity contribution is -0.141. The van der Waals surface area contributed by atoms with Crippen LogP contribution in [0.25, 0.3) is 0 Å². The summed E-state index contributed by atoms with van der Waals surface area (Å²) in [7, 11) is 0. The average Bonchev–Trinajstić information content (AvgIpc) is 2.81. The molecule has 3 fully saturated rings. The molecular weight excluding hydrogens is 378 g/mol. The largest absolute Gasteiger partial charge is 0.494 e. The highest BCUT2D eigenvalue weighted by Crippen LogP contribution is 2.27. The van der Waals surface area contributed by atoms with Gasteiger partial charge in [0.05, 0.1) is 19.8 Å². The molecule has 6 heteroatoms. The van der Waals surface area contributed by atoms with Gasteiger partial charge in [0.1, 0.15) is 5.75 Å². The zero-order chi connectivity index (χ0) is 20.8. The van der Waals surface area contributed by atoms with Crippen molar-refractivity contribution >= 4 is 5.91 Å². The molecule has 6 nitrogen and oxygen atoms in total. The van der Waals surface area contributed by atoms with Gasteiger partial charge in [0.2, 0.25) is 5.91 Å². The molecule has 166 valence electrons. The van der Waals surface area contributed by atoms with E-state index < -0.39 is 0 Å². The molecule has 3 saturated heterocycles. The number of ether oxygens (including phenoxy) is 2. The van der Waals surface area contributed by atoms with Crippen molar-refractivity contribution in [1.29, 1.82) is 0 Å². The van der Waals surface area contributed by atoms with Crippen LogP contribution < -0.4 is 4.74 Å². The van der Waals surface area contributed by atoms with Crippen molar-refractivity contribution in [1.82, 2.24) is 14.7 Å². The van der Waals surface area contributed by atoms with Gasteiger partial charge in [0.15, 0.2) is 0 Å². The van der Waals surface area contributed by atoms with Crippen molar-refractivity contribution in [3.63, 3.8) is 0 Å². The topological polar surface area (TPSA) is 45.2 Å². The SMILES string of the molecule is CCOc1ccccc1CN1CCC(N2CCC(C(=O)N3CCOCC3)CC2)CC1. The minimum Gasteiger partial charge on any atom is -0.494 e. The summed E-state index contributed by atoms with van der Waals surface area (Å²) >= 11 is 0. The lowest BCUT2D eigenvalue weighted by atomic mass is 9.92. The fourth-order valence-electron chi connectivity index (χ4n) is 5.17. The predicted molar refractivity (Wildman–Crippen MR) is 118 cm³/mol. The maximum Gasteiger partial charge on any atom is 0.225 e. The molecule has 0 aromatic heterocycles. The van der Waals surface area contributed by atoms with Crippen LogP contribution in [0.2, 0.25) is 0 Å². The first kappa shape index (κ1) is 21.6. The molecule has 1 aromatic rings. The molecule has 3 aliphatic heterocycles. The van der Waals surface area contributed by atoms with E-state index in [4.69, 9.17) is 9.47 Å². The average molecular weight is 416 g/mol. The van der Waals surface area contributed by atoms with Crippen molar-refractivity contribution < 1.29 is 14.3 Å².